The summed E-state index contributed by atoms with van der Waals surface area (Å²) < 4.78 is 18.9. The van der Waals surface area contributed by atoms with E-state index < -0.39 is 5.82 Å². The lowest BCUT2D eigenvalue weighted by Crippen LogP contribution is -2.32. The van der Waals surface area contributed by atoms with Crippen molar-refractivity contribution in [1.82, 2.24) is 9.88 Å². The van der Waals surface area contributed by atoms with Crippen molar-refractivity contribution < 1.29 is 13.9 Å². The number of rotatable bonds is 1. The van der Waals surface area contributed by atoms with Crippen LogP contribution in [0, 0.1) is 5.82 Å². The molecule has 2 heterocycles. The Morgan fingerprint density at radius 3 is 3.05 bits per heavy atom. The molecule has 0 saturated heterocycles. The second kappa shape index (κ2) is 5.69. The van der Waals surface area contributed by atoms with Crippen molar-refractivity contribution in [3.63, 3.8) is 0 Å². The lowest BCUT2D eigenvalue weighted by Gasteiger charge is -2.20. The van der Waals surface area contributed by atoms with Crippen molar-refractivity contribution in [2.24, 2.45) is 0 Å². The zero-order valence-corrected chi connectivity index (χ0v) is 11.8. The molecule has 0 spiro atoms. The molecule has 1 aliphatic rings. The monoisotopic (exact) mass is 306 g/mol. The van der Waals surface area contributed by atoms with Gasteiger partial charge in [0.25, 0.3) is 5.91 Å². The lowest BCUT2D eigenvalue weighted by atomic mass is 10.1. The Morgan fingerprint density at radius 1 is 1.38 bits per heavy atom. The number of fused-ring (bicyclic) bond motifs is 1. The fourth-order valence-corrected chi connectivity index (χ4v) is 2.43. The van der Waals surface area contributed by atoms with E-state index in [1.54, 1.807) is 4.90 Å². The Bertz CT molecular complexity index is 693. The first kappa shape index (κ1) is 13.8. The first-order valence-corrected chi connectivity index (χ1v) is 6.84. The van der Waals surface area contributed by atoms with Crippen LogP contribution in [-0.4, -0.2) is 28.9 Å². The minimum Gasteiger partial charge on any atom is -0.491 e. The van der Waals surface area contributed by atoms with E-state index >= 15 is 0 Å². The molecule has 0 radical (unpaired) electrons. The molecule has 21 heavy (non-hydrogen) atoms. The second-order valence-corrected chi connectivity index (χ2v) is 5.03. The van der Waals surface area contributed by atoms with Gasteiger partial charge in [-0.1, -0.05) is 29.8 Å². The molecule has 0 unspecified atom stereocenters. The molecule has 0 atom stereocenters. The average Bonchev–Trinajstić information content (AvgIpc) is 2.71. The minimum atomic E-state index is -0.589. The van der Waals surface area contributed by atoms with E-state index in [1.807, 2.05) is 24.3 Å². The Kier molecular flexibility index (Phi) is 3.75. The molecule has 0 saturated carbocycles. The molecule has 1 amide bonds. The summed E-state index contributed by atoms with van der Waals surface area (Å²) in [6.07, 6.45) is 0.986. The quantitative estimate of drug-likeness (QED) is 0.761. The largest absolute Gasteiger partial charge is 0.491 e. The summed E-state index contributed by atoms with van der Waals surface area (Å²) in [5, 5.41) is -0.000138. The van der Waals surface area contributed by atoms with Crippen LogP contribution in [0.1, 0.15) is 15.9 Å². The molecular formula is C15H12ClFN2O2. The molecular weight excluding hydrogens is 295 g/mol. The van der Waals surface area contributed by atoms with Crippen LogP contribution in [0.4, 0.5) is 4.39 Å². The van der Waals surface area contributed by atoms with Gasteiger partial charge < -0.3 is 9.64 Å². The second-order valence-electron chi connectivity index (χ2n) is 4.67. The van der Waals surface area contributed by atoms with Crippen molar-refractivity contribution >= 4 is 17.5 Å². The Labute approximate surface area is 126 Å². The predicted molar refractivity (Wildman–Crippen MR) is 75.9 cm³/mol. The highest BCUT2D eigenvalue weighted by Crippen LogP contribution is 2.24. The number of halogens is 2. The Balaban J connectivity index is 1.90. The van der Waals surface area contributed by atoms with Crippen molar-refractivity contribution in [1.29, 1.82) is 0 Å². The summed E-state index contributed by atoms with van der Waals surface area (Å²) in [5.74, 6) is -0.183. The number of nitrogens with zero attached hydrogens (tertiary/aromatic N) is 2. The maximum atomic E-state index is 13.3. The van der Waals surface area contributed by atoms with Crippen molar-refractivity contribution in [3.05, 3.63) is 58.6 Å². The molecule has 0 aliphatic carbocycles. The van der Waals surface area contributed by atoms with Crippen LogP contribution >= 0.6 is 11.6 Å². The Morgan fingerprint density at radius 2 is 2.19 bits per heavy atom. The van der Waals surface area contributed by atoms with E-state index in [-0.39, 0.29) is 16.6 Å². The highest BCUT2D eigenvalue weighted by Gasteiger charge is 2.23. The normalized spacial score (nSPS) is 14.1. The van der Waals surface area contributed by atoms with Crippen LogP contribution in [0.5, 0.6) is 5.75 Å². The number of ether oxygens (including phenoxy) is 1. The summed E-state index contributed by atoms with van der Waals surface area (Å²) in [5.41, 5.74) is 0.972. The summed E-state index contributed by atoms with van der Waals surface area (Å²) >= 11 is 5.89. The van der Waals surface area contributed by atoms with Gasteiger partial charge in [0.1, 0.15) is 23.3 Å². The van der Waals surface area contributed by atoms with Crippen LogP contribution in [-0.2, 0) is 6.54 Å². The van der Waals surface area contributed by atoms with E-state index in [2.05, 4.69) is 4.98 Å². The highest BCUT2D eigenvalue weighted by molar-refractivity contribution is 6.32. The van der Waals surface area contributed by atoms with Crippen LogP contribution in [0.25, 0.3) is 0 Å². The molecule has 0 bridgehead atoms. The molecule has 108 valence electrons. The summed E-state index contributed by atoms with van der Waals surface area (Å²) in [4.78, 5) is 17.8. The summed E-state index contributed by atoms with van der Waals surface area (Å²) in [7, 11) is 0. The van der Waals surface area contributed by atoms with Gasteiger partial charge >= 0.3 is 0 Å². The molecule has 6 heteroatoms. The smallest absolute Gasteiger partial charge is 0.257 e. The van der Waals surface area contributed by atoms with Crippen molar-refractivity contribution in [2.75, 3.05) is 13.2 Å². The third kappa shape index (κ3) is 2.83. The van der Waals surface area contributed by atoms with E-state index in [0.717, 1.165) is 23.6 Å². The number of amides is 1. The predicted octanol–water partition coefficient (Wildman–Crippen LogP) is 2.91. The molecule has 0 N–H and O–H groups in total. The van der Waals surface area contributed by atoms with E-state index in [9.17, 15) is 9.18 Å². The van der Waals surface area contributed by atoms with Gasteiger partial charge in [0.05, 0.1) is 18.3 Å². The van der Waals surface area contributed by atoms with Gasteiger partial charge in [-0.2, -0.15) is 0 Å². The first-order valence-electron chi connectivity index (χ1n) is 6.46. The van der Waals surface area contributed by atoms with Crippen molar-refractivity contribution in [2.45, 2.75) is 6.54 Å². The number of benzene rings is 1. The average molecular weight is 307 g/mol. The zero-order chi connectivity index (χ0) is 14.8. The minimum absolute atomic E-state index is 0.000138. The van der Waals surface area contributed by atoms with Gasteiger partial charge in [-0.15, -0.1) is 0 Å². The van der Waals surface area contributed by atoms with Gasteiger partial charge in [0, 0.05) is 12.1 Å². The molecule has 0 fully saturated rings. The lowest BCUT2D eigenvalue weighted by molar-refractivity contribution is 0.0732. The summed E-state index contributed by atoms with van der Waals surface area (Å²) in [6, 6.07) is 8.62. The number of hydrogen-bond donors (Lipinski definition) is 0. The summed E-state index contributed by atoms with van der Waals surface area (Å²) in [6.45, 7) is 1.17. The van der Waals surface area contributed by atoms with Crippen LogP contribution in [0.2, 0.25) is 5.15 Å². The first-order chi connectivity index (χ1) is 10.1. The number of carbonyl (C=O) groups excluding carboxylic acids is 1. The van der Waals surface area contributed by atoms with Gasteiger partial charge in [-0.05, 0) is 12.1 Å². The highest BCUT2D eigenvalue weighted by atomic mass is 35.5. The standard InChI is InChI=1S/C15H12ClFN2O2/c16-14-12(7-11(17)8-18-14)15(20)19-5-6-21-13-4-2-1-3-10(13)9-19/h1-4,7-8H,5-6,9H2. The van der Waals surface area contributed by atoms with Gasteiger partial charge in [0.2, 0.25) is 0 Å². The van der Waals surface area contributed by atoms with E-state index in [0.29, 0.717) is 19.7 Å². The van der Waals surface area contributed by atoms with Crippen LogP contribution in [0.3, 0.4) is 0 Å². The molecule has 4 nitrogen and oxygen atoms in total. The molecule has 1 aromatic heterocycles. The van der Waals surface area contributed by atoms with Gasteiger partial charge in [-0.25, -0.2) is 9.37 Å². The maximum absolute atomic E-state index is 13.3. The van der Waals surface area contributed by atoms with Crippen LogP contribution < -0.4 is 4.74 Å². The third-order valence-electron chi connectivity index (χ3n) is 3.28. The van der Waals surface area contributed by atoms with Crippen molar-refractivity contribution in [3.8, 4) is 5.75 Å². The molecule has 1 aromatic carbocycles. The number of aromatic nitrogens is 1. The number of para-hydroxylation sites is 1. The fraction of sp³-hybridized carbons (Fsp3) is 0.200. The van der Waals surface area contributed by atoms with E-state index in [1.165, 1.54) is 0 Å². The molecule has 1 aliphatic heterocycles. The maximum Gasteiger partial charge on any atom is 0.257 e. The van der Waals surface area contributed by atoms with E-state index in [4.69, 9.17) is 16.3 Å². The number of hydrogen-bond acceptors (Lipinski definition) is 3. The Hall–Kier alpha value is -2.14. The van der Waals surface area contributed by atoms with Crippen LogP contribution in [0.15, 0.2) is 36.5 Å². The fourth-order valence-electron chi connectivity index (χ4n) is 2.24. The van der Waals surface area contributed by atoms with Gasteiger partial charge in [-0.3, -0.25) is 4.79 Å². The van der Waals surface area contributed by atoms with Gasteiger partial charge in [0.15, 0.2) is 0 Å². The third-order valence-corrected chi connectivity index (χ3v) is 3.58. The molecule has 3 rings (SSSR count). The topological polar surface area (TPSA) is 42.4 Å². The SMILES string of the molecule is O=C(c1cc(F)cnc1Cl)N1CCOc2ccccc2C1. The zero-order valence-electron chi connectivity index (χ0n) is 11.1. The number of carbonyl (C=O) groups is 1. The molecule has 2 aromatic rings. The number of pyridine rings is 1.